The molecule has 0 aliphatic heterocycles. The second-order valence-electron chi connectivity index (χ2n) is 2.06. The van der Waals surface area contributed by atoms with Crippen LogP contribution in [0.5, 0.6) is 0 Å². The summed E-state index contributed by atoms with van der Waals surface area (Å²) in [6, 6.07) is 10.3. The van der Waals surface area contributed by atoms with Crippen LogP contribution in [-0.2, 0) is 0 Å². The maximum absolute atomic E-state index is 3.12. The molecule has 1 heteroatoms. The third kappa shape index (κ3) is 0.903. The Balaban J connectivity index is 0.000000500. The fourth-order valence-electron chi connectivity index (χ4n) is 0.995. The summed E-state index contributed by atoms with van der Waals surface area (Å²) < 4.78 is 0. The van der Waals surface area contributed by atoms with Crippen molar-refractivity contribution >= 4 is 10.9 Å². The van der Waals surface area contributed by atoms with Gasteiger partial charge in [-0.1, -0.05) is 25.6 Å². The highest BCUT2D eigenvalue weighted by Crippen LogP contribution is 2.09. The summed E-state index contributed by atoms with van der Waals surface area (Å²) in [6.07, 6.45) is 1.95. The Labute approximate surface area is 60.7 Å². The molecule has 0 fully saturated rings. The molecule has 1 heterocycles. The van der Waals surface area contributed by atoms with Crippen molar-refractivity contribution in [2.45, 2.75) is 7.43 Å². The van der Waals surface area contributed by atoms with Crippen LogP contribution in [0.25, 0.3) is 10.9 Å². The van der Waals surface area contributed by atoms with Gasteiger partial charge in [-0.3, -0.25) is 0 Å². The molecule has 0 amide bonds. The van der Waals surface area contributed by atoms with Crippen molar-refractivity contribution in [3.63, 3.8) is 0 Å². The van der Waals surface area contributed by atoms with Gasteiger partial charge in [0.05, 0.1) is 0 Å². The lowest BCUT2D eigenvalue weighted by atomic mass is 10.3. The van der Waals surface area contributed by atoms with E-state index in [-0.39, 0.29) is 7.43 Å². The summed E-state index contributed by atoms with van der Waals surface area (Å²) >= 11 is 0. The molecule has 1 aromatic heterocycles. The molecule has 1 nitrogen and oxygen atoms in total. The van der Waals surface area contributed by atoms with E-state index in [2.05, 4.69) is 23.2 Å². The Hall–Kier alpha value is -1.24. The third-order valence-electron chi connectivity index (χ3n) is 1.46. The minimum absolute atomic E-state index is 0. The van der Waals surface area contributed by atoms with Gasteiger partial charge in [0.2, 0.25) is 0 Å². The number of fused-ring (bicyclic) bond motifs is 1. The Bertz CT molecular complexity index is 279. The number of aromatic nitrogens is 1. The maximum atomic E-state index is 3.12. The van der Waals surface area contributed by atoms with Crippen LogP contribution in [0.2, 0.25) is 0 Å². The van der Waals surface area contributed by atoms with E-state index in [1.54, 1.807) is 0 Å². The molecule has 52 valence electrons. The van der Waals surface area contributed by atoms with Crippen LogP contribution >= 0.6 is 0 Å². The van der Waals surface area contributed by atoms with Crippen molar-refractivity contribution < 1.29 is 0 Å². The second-order valence-corrected chi connectivity index (χ2v) is 2.06. The number of H-pyrrole nitrogens is 1. The van der Waals surface area contributed by atoms with E-state index in [1.807, 2.05) is 18.3 Å². The molecular formula is C9H11N. The Morgan fingerprint density at radius 1 is 1.00 bits per heavy atom. The van der Waals surface area contributed by atoms with Gasteiger partial charge >= 0.3 is 0 Å². The van der Waals surface area contributed by atoms with Crippen LogP contribution in [0.3, 0.4) is 0 Å². The minimum Gasteiger partial charge on any atom is -0.361 e. The largest absolute Gasteiger partial charge is 0.361 e. The van der Waals surface area contributed by atoms with E-state index in [1.165, 1.54) is 10.9 Å². The van der Waals surface area contributed by atoms with Gasteiger partial charge in [-0.05, 0) is 17.5 Å². The molecule has 1 N–H and O–H groups in total. The van der Waals surface area contributed by atoms with Crippen LogP contribution in [0.1, 0.15) is 7.43 Å². The summed E-state index contributed by atoms with van der Waals surface area (Å²) in [6.45, 7) is 0. The second kappa shape index (κ2) is 2.56. The van der Waals surface area contributed by atoms with E-state index >= 15 is 0 Å². The van der Waals surface area contributed by atoms with Crippen LogP contribution in [0.15, 0.2) is 36.5 Å². The molecule has 0 atom stereocenters. The lowest BCUT2D eigenvalue weighted by Crippen LogP contribution is -1.61. The predicted molar refractivity (Wildman–Crippen MR) is 45.0 cm³/mol. The molecule has 0 unspecified atom stereocenters. The van der Waals surface area contributed by atoms with Crippen LogP contribution < -0.4 is 0 Å². The van der Waals surface area contributed by atoms with E-state index in [9.17, 15) is 0 Å². The van der Waals surface area contributed by atoms with Gasteiger partial charge in [-0.15, -0.1) is 0 Å². The van der Waals surface area contributed by atoms with Crippen LogP contribution in [0.4, 0.5) is 0 Å². The monoisotopic (exact) mass is 133 g/mol. The Morgan fingerprint density at radius 3 is 2.60 bits per heavy atom. The number of para-hydroxylation sites is 1. The first-order chi connectivity index (χ1) is 4.47. The molecular weight excluding hydrogens is 122 g/mol. The summed E-state index contributed by atoms with van der Waals surface area (Å²) in [7, 11) is 0. The molecule has 0 spiro atoms. The Kier molecular flexibility index (Phi) is 1.76. The molecule has 0 aliphatic rings. The lowest BCUT2D eigenvalue weighted by Gasteiger charge is -1.83. The molecule has 0 saturated heterocycles. The number of hydrogen-bond acceptors (Lipinski definition) is 0. The van der Waals surface area contributed by atoms with Crippen LogP contribution in [0, 0.1) is 0 Å². The summed E-state index contributed by atoms with van der Waals surface area (Å²) in [5.41, 5.74) is 1.21. The highest BCUT2D eigenvalue weighted by Gasteiger charge is 1.86. The number of rotatable bonds is 0. The van der Waals surface area contributed by atoms with Gasteiger partial charge in [0.25, 0.3) is 0 Å². The third-order valence-corrected chi connectivity index (χ3v) is 1.46. The zero-order chi connectivity index (χ0) is 6.10. The van der Waals surface area contributed by atoms with Gasteiger partial charge in [0, 0.05) is 11.7 Å². The van der Waals surface area contributed by atoms with Gasteiger partial charge in [-0.25, -0.2) is 0 Å². The molecule has 0 aliphatic carbocycles. The molecule has 1 aromatic carbocycles. The normalized spacial score (nSPS) is 9.20. The van der Waals surface area contributed by atoms with Gasteiger partial charge in [-0.2, -0.15) is 0 Å². The van der Waals surface area contributed by atoms with E-state index in [0.717, 1.165) is 0 Å². The van der Waals surface area contributed by atoms with Gasteiger partial charge in [0.15, 0.2) is 0 Å². The van der Waals surface area contributed by atoms with Crippen molar-refractivity contribution in [3.8, 4) is 0 Å². The van der Waals surface area contributed by atoms with Crippen molar-refractivity contribution in [3.05, 3.63) is 36.5 Å². The molecule has 10 heavy (non-hydrogen) atoms. The molecule has 2 aromatic rings. The fraction of sp³-hybridized carbons (Fsp3) is 0.111. The highest BCUT2D eigenvalue weighted by atomic mass is 14.6. The highest BCUT2D eigenvalue weighted by molar-refractivity contribution is 5.78. The zero-order valence-corrected chi connectivity index (χ0v) is 4.96. The van der Waals surface area contributed by atoms with Gasteiger partial charge < -0.3 is 4.98 Å². The fourth-order valence-corrected chi connectivity index (χ4v) is 0.995. The first-order valence-electron chi connectivity index (χ1n) is 2.99. The lowest BCUT2D eigenvalue weighted by molar-refractivity contribution is 1.48. The summed E-state index contributed by atoms with van der Waals surface area (Å²) in [5.74, 6) is 0. The number of aromatic amines is 1. The average molecular weight is 133 g/mol. The molecule has 0 bridgehead atoms. The minimum atomic E-state index is 0. The van der Waals surface area contributed by atoms with E-state index in [0.29, 0.717) is 0 Å². The zero-order valence-electron chi connectivity index (χ0n) is 4.96. The average Bonchev–Trinajstić information content (AvgIpc) is 2.33. The number of hydrogen-bond donors (Lipinski definition) is 1. The molecule has 2 rings (SSSR count). The summed E-state index contributed by atoms with van der Waals surface area (Å²) in [5, 5.41) is 1.28. The van der Waals surface area contributed by atoms with Crippen LogP contribution in [-0.4, -0.2) is 4.98 Å². The van der Waals surface area contributed by atoms with E-state index in [4.69, 9.17) is 0 Å². The van der Waals surface area contributed by atoms with Crippen molar-refractivity contribution in [1.82, 2.24) is 4.98 Å². The van der Waals surface area contributed by atoms with E-state index < -0.39 is 0 Å². The SMILES string of the molecule is C.c1ccc2[nH]ccc2c1. The first kappa shape index (κ1) is 6.87. The molecule has 0 saturated carbocycles. The summed E-state index contributed by atoms with van der Waals surface area (Å²) in [4.78, 5) is 3.12. The predicted octanol–water partition coefficient (Wildman–Crippen LogP) is 2.80. The van der Waals surface area contributed by atoms with Crippen molar-refractivity contribution in [2.24, 2.45) is 0 Å². The standard InChI is InChI=1S/C8H7N.CH4/c1-2-4-8-7(3-1)5-6-9-8;/h1-6,9H;1H4. The number of nitrogens with one attached hydrogen (secondary N) is 1. The Morgan fingerprint density at radius 2 is 1.80 bits per heavy atom. The van der Waals surface area contributed by atoms with Crippen molar-refractivity contribution in [2.75, 3.05) is 0 Å². The smallest absolute Gasteiger partial charge is 0.0453 e. The maximum Gasteiger partial charge on any atom is 0.0453 e. The van der Waals surface area contributed by atoms with Crippen molar-refractivity contribution in [1.29, 1.82) is 0 Å². The molecule has 0 radical (unpaired) electrons. The topological polar surface area (TPSA) is 15.8 Å². The quantitative estimate of drug-likeness (QED) is 0.568. The number of benzene rings is 1. The van der Waals surface area contributed by atoms with Gasteiger partial charge in [0.1, 0.15) is 0 Å². The first-order valence-corrected chi connectivity index (χ1v) is 2.99.